The summed E-state index contributed by atoms with van der Waals surface area (Å²) in [6.07, 6.45) is 6.07. The highest BCUT2D eigenvalue weighted by Gasteiger charge is 2.26. The first-order valence-corrected chi connectivity index (χ1v) is 12.4. The molecule has 1 aromatic carbocycles. The lowest BCUT2D eigenvalue weighted by molar-refractivity contribution is 0.198. The Morgan fingerprint density at radius 3 is 2.57 bits per heavy atom. The third-order valence-electron chi connectivity index (χ3n) is 6.35. The number of nitrogens with zero attached hydrogens (tertiary/aromatic N) is 5. The van der Waals surface area contributed by atoms with Crippen molar-refractivity contribution in [1.82, 2.24) is 24.6 Å². The summed E-state index contributed by atoms with van der Waals surface area (Å²) in [6, 6.07) is 4.90. The SMILES string of the molecule is Cn1c(SCCN2CCCCC2)nnc1C1CCN(Cc2c(F)cccc2Cl)CC1. The van der Waals surface area contributed by atoms with E-state index in [-0.39, 0.29) is 5.82 Å². The first kappa shape index (κ1) is 22.1. The van der Waals surface area contributed by atoms with Gasteiger partial charge >= 0.3 is 0 Å². The summed E-state index contributed by atoms with van der Waals surface area (Å²) in [5.41, 5.74) is 0.601. The van der Waals surface area contributed by atoms with Crippen molar-refractivity contribution in [1.29, 1.82) is 0 Å². The van der Waals surface area contributed by atoms with E-state index in [0.717, 1.165) is 49.2 Å². The molecule has 2 aliphatic heterocycles. The molecule has 0 N–H and O–H groups in total. The van der Waals surface area contributed by atoms with Gasteiger partial charge < -0.3 is 9.47 Å². The van der Waals surface area contributed by atoms with Crippen LogP contribution >= 0.6 is 23.4 Å². The van der Waals surface area contributed by atoms with Gasteiger partial charge in [-0.25, -0.2) is 4.39 Å². The van der Waals surface area contributed by atoms with Gasteiger partial charge in [-0.05, 0) is 64.0 Å². The van der Waals surface area contributed by atoms with Crippen LogP contribution in [0.15, 0.2) is 23.4 Å². The number of rotatable bonds is 7. The Morgan fingerprint density at radius 1 is 1.07 bits per heavy atom. The van der Waals surface area contributed by atoms with Gasteiger partial charge in [0, 0.05) is 42.4 Å². The van der Waals surface area contributed by atoms with Crippen LogP contribution in [0.3, 0.4) is 0 Å². The molecule has 0 unspecified atom stereocenters. The molecule has 0 aliphatic carbocycles. The van der Waals surface area contributed by atoms with Gasteiger partial charge in [0.25, 0.3) is 0 Å². The van der Waals surface area contributed by atoms with Crippen molar-refractivity contribution in [2.45, 2.75) is 49.7 Å². The lowest BCUT2D eigenvalue weighted by Crippen LogP contribution is -2.33. The normalized spacial score (nSPS) is 19.4. The third kappa shape index (κ3) is 5.36. The van der Waals surface area contributed by atoms with Crippen molar-refractivity contribution < 1.29 is 4.39 Å². The molecule has 1 aromatic heterocycles. The van der Waals surface area contributed by atoms with Crippen LogP contribution in [0.1, 0.15) is 49.4 Å². The Bertz CT molecular complexity index is 811. The minimum Gasteiger partial charge on any atom is -0.309 e. The van der Waals surface area contributed by atoms with Gasteiger partial charge in [0.1, 0.15) is 11.6 Å². The Hall–Kier alpha value is -1.15. The summed E-state index contributed by atoms with van der Waals surface area (Å²) >= 11 is 8.01. The average Bonchev–Trinajstić information content (AvgIpc) is 3.12. The molecule has 2 aromatic rings. The quantitative estimate of drug-likeness (QED) is 0.576. The molecule has 0 amide bonds. The molecule has 2 fully saturated rings. The van der Waals surface area contributed by atoms with Crippen LogP contribution in [-0.4, -0.2) is 63.0 Å². The Kier molecular flexibility index (Phi) is 7.68. The van der Waals surface area contributed by atoms with Crippen molar-refractivity contribution in [3.63, 3.8) is 0 Å². The number of benzene rings is 1. The van der Waals surface area contributed by atoms with Crippen LogP contribution in [-0.2, 0) is 13.6 Å². The smallest absolute Gasteiger partial charge is 0.191 e. The van der Waals surface area contributed by atoms with Gasteiger partial charge in [0.2, 0.25) is 0 Å². The molecular weight excluding hydrogens is 421 g/mol. The van der Waals surface area contributed by atoms with Crippen LogP contribution in [0, 0.1) is 5.82 Å². The average molecular weight is 452 g/mol. The van der Waals surface area contributed by atoms with E-state index in [1.165, 1.54) is 38.4 Å². The van der Waals surface area contributed by atoms with Crippen molar-refractivity contribution in [2.24, 2.45) is 7.05 Å². The maximum absolute atomic E-state index is 14.1. The number of likely N-dealkylation sites (tertiary alicyclic amines) is 2. The van der Waals surface area contributed by atoms with E-state index in [1.54, 1.807) is 12.1 Å². The number of aromatic nitrogens is 3. The number of halogens is 2. The molecule has 0 atom stereocenters. The second-order valence-corrected chi connectivity index (χ2v) is 9.87. The van der Waals surface area contributed by atoms with E-state index in [2.05, 4.69) is 31.6 Å². The Labute approximate surface area is 188 Å². The summed E-state index contributed by atoms with van der Waals surface area (Å²) in [7, 11) is 2.09. The zero-order valence-electron chi connectivity index (χ0n) is 17.7. The maximum atomic E-state index is 14.1. The lowest BCUT2D eigenvalue weighted by atomic mass is 9.95. The van der Waals surface area contributed by atoms with Crippen LogP contribution < -0.4 is 0 Å². The molecule has 5 nitrogen and oxygen atoms in total. The number of piperidine rings is 2. The molecule has 0 radical (unpaired) electrons. The van der Waals surface area contributed by atoms with Crippen molar-refractivity contribution >= 4 is 23.4 Å². The van der Waals surface area contributed by atoms with Gasteiger partial charge in [0.05, 0.1) is 0 Å². The van der Waals surface area contributed by atoms with Gasteiger partial charge in [-0.3, -0.25) is 4.90 Å². The van der Waals surface area contributed by atoms with Gasteiger partial charge in [-0.1, -0.05) is 35.9 Å². The topological polar surface area (TPSA) is 37.2 Å². The van der Waals surface area contributed by atoms with Crippen molar-refractivity contribution in [3.8, 4) is 0 Å². The van der Waals surface area contributed by atoms with Crippen molar-refractivity contribution in [2.75, 3.05) is 38.5 Å². The van der Waals surface area contributed by atoms with Crippen LogP contribution in [0.2, 0.25) is 5.02 Å². The predicted molar refractivity (Wildman–Crippen MR) is 121 cm³/mol. The van der Waals surface area contributed by atoms with Gasteiger partial charge in [0.15, 0.2) is 5.16 Å². The summed E-state index contributed by atoms with van der Waals surface area (Å²) in [4.78, 5) is 4.84. The first-order valence-electron chi connectivity index (χ1n) is 11.0. The zero-order chi connectivity index (χ0) is 20.9. The molecule has 0 spiro atoms. The van der Waals surface area contributed by atoms with Crippen LogP contribution in [0.5, 0.6) is 0 Å². The summed E-state index contributed by atoms with van der Waals surface area (Å²) in [5.74, 6) is 2.34. The number of hydrogen-bond acceptors (Lipinski definition) is 5. The van der Waals surface area contributed by atoms with E-state index in [9.17, 15) is 4.39 Å². The highest BCUT2D eigenvalue weighted by Crippen LogP contribution is 2.30. The molecule has 2 saturated heterocycles. The second kappa shape index (κ2) is 10.4. The molecule has 30 heavy (non-hydrogen) atoms. The third-order valence-corrected chi connectivity index (χ3v) is 7.71. The van der Waals surface area contributed by atoms with Crippen LogP contribution in [0.4, 0.5) is 4.39 Å². The molecule has 0 saturated carbocycles. The van der Waals surface area contributed by atoms with E-state index in [4.69, 9.17) is 11.6 Å². The fraction of sp³-hybridized carbons (Fsp3) is 0.636. The highest BCUT2D eigenvalue weighted by molar-refractivity contribution is 7.99. The molecule has 164 valence electrons. The molecule has 4 rings (SSSR count). The molecule has 3 heterocycles. The zero-order valence-corrected chi connectivity index (χ0v) is 19.3. The van der Waals surface area contributed by atoms with Gasteiger partial charge in [-0.15, -0.1) is 10.2 Å². The summed E-state index contributed by atoms with van der Waals surface area (Å²) in [6.45, 7) is 6.00. The predicted octanol–water partition coefficient (Wildman–Crippen LogP) is 4.57. The number of thioether (sulfide) groups is 1. The van der Waals surface area contributed by atoms with E-state index in [1.807, 2.05) is 11.8 Å². The van der Waals surface area contributed by atoms with Gasteiger partial charge in [-0.2, -0.15) is 0 Å². The molecule has 0 bridgehead atoms. The fourth-order valence-electron chi connectivity index (χ4n) is 4.51. The lowest BCUT2D eigenvalue weighted by Gasteiger charge is -2.31. The monoisotopic (exact) mass is 451 g/mol. The minimum atomic E-state index is -0.218. The minimum absolute atomic E-state index is 0.218. The first-order chi connectivity index (χ1) is 14.6. The standard InChI is InChI=1S/C22H31ClFN5S/c1-27-21(25-26-22(27)30-15-14-28-10-3-2-4-11-28)17-8-12-29(13-9-17)16-18-19(23)6-5-7-20(18)24/h5-7,17H,2-4,8-16H2,1H3. The second-order valence-electron chi connectivity index (χ2n) is 8.40. The van der Waals surface area contributed by atoms with E-state index >= 15 is 0 Å². The fourth-order valence-corrected chi connectivity index (χ4v) is 5.65. The summed E-state index contributed by atoms with van der Waals surface area (Å²) < 4.78 is 16.3. The highest BCUT2D eigenvalue weighted by atomic mass is 35.5. The molecular formula is C22H31ClFN5S. The largest absolute Gasteiger partial charge is 0.309 e. The summed E-state index contributed by atoms with van der Waals surface area (Å²) in [5, 5.41) is 10.5. The van der Waals surface area contributed by atoms with E-state index < -0.39 is 0 Å². The number of hydrogen-bond donors (Lipinski definition) is 0. The molecule has 8 heteroatoms. The molecule has 2 aliphatic rings. The maximum Gasteiger partial charge on any atom is 0.191 e. The Balaban J connectivity index is 1.27. The Morgan fingerprint density at radius 2 is 1.83 bits per heavy atom. The van der Waals surface area contributed by atoms with Crippen molar-refractivity contribution in [3.05, 3.63) is 40.4 Å². The van der Waals surface area contributed by atoms with E-state index in [0.29, 0.717) is 23.0 Å². The van der Waals surface area contributed by atoms with Crippen LogP contribution in [0.25, 0.3) is 0 Å².